The van der Waals surface area contributed by atoms with Crippen molar-refractivity contribution >= 4 is 17.3 Å². The molecule has 3 N–H and O–H groups in total. The van der Waals surface area contributed by atoms with Crippen molar-refractivity contribution in [3.05, 3.63) is 63.2 Å². The summed E-state index contributed by atoms with van der Waals surface area (Å²) in [5.41, 5.74) is 1.55. The van der Waals surface area contributed by atoms with Crippen LogP contribution in [0.1, 0.15) is 86.1 Å². The first-order valence-corrected chi connectivity index (χ1v) is 10.8. The molecular weight excluding hydrogens is 412 g/mol. The van der Waals surface area contributed by atoms with E-state index >= 15 is 0 Å². The van der Waals surface area contributed by atoms with Crippen LogP contribution in [-0.2, 0) is 11.2 Å². The number of phenols is 1. The van der Waals surface area contributed by atoms with Crippen molar-refractivity contribution in [2.75, 3.05) is 0 Å². The number of aromatic hydroxyl groups is 1. The van der Waals surface area contributed by atoms with E-state index in [4.69, 9.17) is 4.74 Å². The van der Waals surface area contributed by atoms with Gasteiger partial charge in [0.15, 0.2) is 17.3 Å². The summed E-state index contributed by atoms with van der Waals surface area (Å²) in [5, 5.41) is 31.1. The highest BCUT2D eigenvalue weighted by Gasteiger charge is 2.41. The highest BCUT2D eigenvalue weighted by molar-refractivity contribution is 6.32. The Balaban J connectivity index is 1.62. The zero-order valence-electron chi connectivity index (χ0n) is 17.8. The number of ether oxygens (including phenoxy) is 1. The maximum absolute atomic E-state index is 13.4. The van der Waals surface area contributed by atoms with E-state index in [0.29, 0.717) is 18.4 Å². The van der Waals surface area contributed by atoms with Gasteiger partial charge in [0.2, 0.25) is 0 Å². The molecule has 1 heterocycles. The molecule has 2 aliphatic carbocycles. The summed E-state index contributed by atoms with van der Waals surface area (Å²) in [6.45, 7) is 3.59. The monoisotopic (exact) mass is 436 g/mol. The Hall–Kier alpha value is -2.87. The van der Waals surface area contributed by atoms with Gasteiger partial charge in [-0.15, -0.1) is 0 Å². The van der Waals surface area contributed by atoms with E-state index in [2.05, 4.69) is 0 Å². The number of hydrogen-bond donors (Lipinski definition) is 3. The van der Waals surface area contributed by atoms with Crippen molar-refractivity contribution in [1.82, 2.24) is 0 Å². The van der Waals surface area contributed by atoms with Crippen molar-refractivity contribution in [2.45, 2.75) is 57.5 Å². The Bertz CT molecular complexity index is 1170. The van der Waals surface area contributed by atoms with Crippen molar-refractivity contribution in [1.29, 1.82) is 0 Å². The van der Waals surface area contributed by atoms with Crippen LogP contribution in [0.4, 0.5) is 0 Å². The van der Waals surface area contributed by atoms with Gasteiger partial charge in [0.1, 0.15) is 11.9 Å². The molecule has 3 aliphatic rings. The molecule has 1 saturated heterocycles. The van der Waals surface area contributed by atoms with E-state index in [1.165, 1.54) is 12.1 Å². The van der Waals surface area contributed by atoms with Crippen LogP contribution >= 0.6 is 0 Å². The molecule has 2 aromatic rings. The van der Waals surface area contributed by atoms with Crippen LogP contribution in [0.25, 0.3) is 0 Å². The number of phenolic OH excluding ortho intramolecular Hbond substituents is 1. The number of Topliss-reactive ketones (excluding diaryl/α,β-unsaturated/α-hetero) is 1. The summed E-state index contributed by atoms with van der Waals surface area (Å²) in [5.74, 6) is -1.31. The molecule has 5 rings (SSSR count). The van der Waals surface area contributed by atoms with Gasteiger partial charge in [-0.3, -0.25) is 14.4 Å². The minimum atomic E-state index is -1.05. The van der Waals surface area contributed by atoms with E-state index in [0.717, 1.165) is 5.56 Å². The van der Waals surface area contributed by atoms with Gasteiger partial charge in [-0.05, 0) is 37.0 Å². The molecular formula is C25H24O7. The Morgan fingerprint density at radius 1 is 0.875 bits per heavy atom. The number of rotatable bonds is 1. The number of benzene rings is 2. The fraction of sp³-hybridized carbons (Fsp3) is 0.400. The number of carbonyl (C=O) groups is 3. The molecule has 7 heteroatoms. The molecule has 0 aromatic heterocycles. The second kappa shape index (κ2) is 7.33. The Kier molecular flexibility index (Phi) is 4.81. The van der Waals surface area contributed by atoms with E-state index in [1.54, 1.807) is 19.1 Å². The lowest BCUT2D eigenvalue weighted by Crippen LogP contribution is -2.44. The summed E-state index contributed by atoms with van der Waals surface area (Å²) in [6.07, 6.45) is -2.48. The van der Waals surface area contributed by atoms with Gasteiger partial charge in [-0.1, -0.05) is 19.1 Å². The molecule has 0 amide bonds. The first-order chi connectivity index (χ1) is 15.2. The van der Waals surface area contributed by atoms with E-state index in [9.17, 15) is 29.7 Å². The van der Waals surface area contributed by atoms with Crippen molar-refractivity contribution in [2.24, 2.45) is 5.92 Å². The van der Waals surface area contributed by atoms with Crippen LogP contribution in [0.15, 0.2) is 24.3 Å². The lowest BCUT2D eigenvalue weighted by atomic mass is 9.74. The smallest absolute Gasteiger partial charge is 0.198 e. The molecule has 1 aliphatic heterocycles. The van der Waals surface area contributed by atoms with Crippen LogP contribution in [0.2, 0.25) is 0 Å². The number of fused-ring (bicyclic) bond motifs is 4. The Morgan fingerprint density at radius 3 is 2.25 bits per heavy atom. The number of aliphatic hydroxyl groups is 2. The van der Waals surface area contributed by atoms with E-state index in [1.807, 2.05) is 6.92 Å². The van der Waals surface area contributed by atoms with Crippen molar-refractivity contribution in [3.8, 4) is 5.75 Å². The fourth-order valence-corrected chi connectivity index (χ4v) is 5.25. The maximum Gasteiger partial charge on any atom is 0.198 e. The maximum atomic E-state index is 13.4. The van der Waals surface area contributed by atoms with Gasteiger partial charge in [0.05, 0.1) is 23.9 Å². The van der Waals surface area contributed by atoms with Gasteiger partial charge in [-0.2, -0.15) is 0 Å². The average molecular weight is 436 g/mol. The van der Waals surface area contributed by atoms with Gasteiger partial charge >= 0.3 is 0 Å². The lowest BCUT2D eigenvalue weighted by Gasteiger charge is -2.36. The lowest BCUT2D eigenvalue weighted by molar-refractivity contribution is -0.163. The minimum absolute atomic E-state index is 0.0385. The predicted molar refractivity (Wildman–Crippen MR) is 113 cm³/mol. The van der Waals surface area contributed by atoms with Crippen LogP contribution in [0, 0.1) is 5.92 Å². The summed E-state index contributed by atoms with van der Waals surface area (Å²) < 4.78 is 5.75. The second-order valence-corrected chi connectivity index (χ2v) is 9.17. The second-order valence-electron chi connectivity index (χ2n) is 9.17. The highest BCUT2D eigenvalue weighted by atomic mass is 16.5. The van der Waals surface area contributed by atoms with Crippen LogP contribution in [0.3, 0.4) is 0 Å². The van der Waals surface area contributed by atoms with Gasteiger partial charge < -0.3 is 20.1 Å². The highest BCUT2D eigenvalue weighted by Crippen LogP contribution is 2.43. The average Bonchev–Trinajstić information content (AvgIpc) is 2.74. The third-order valence-electron chi connectivity index (χ3n) is 6.88. The SMILES string of the molecule is CC1CC(=O)c2c(ccc3c2C(=O)c2ccc(C4CC(O)C(O)C(C)O4)c(O)c2C3=O)C1. The minimum Gasteiger partial charge on any atom is -0.507 e. The summed E-state index contributed by atoms with van der Waals surface area (Å²) in [4.78, 5) is 39.6. The van der Waals surface area contributed by atoms with Crippen molar-refractivity contribution < 1.29 is 34.4 Å². The number of carbonyl (C=O) groups excluding carboxylic acids is 3. The van der Waals surface area contributed by atoms with E-state index < -0.39 is 36.0 Å². The van der Waals surface area contributed by atoms with Gasteiger partial charge in [0.25, 0.3) is 0 Å². The summed E-state index contributed by atoms with van der Waals surface area (Å²) >= 11 is 0. The summed E-state index contributed by atoms with van der Waals surface area (Å²) in [7, 11) is 0. The first kappa shape index (κ1) is 21.0. The quantitative estimate of drug-likeness (QED) is 0.536. The standard InChI is InChI=1S/C25H24O7/c1-10-7-12-3-4-14-20(19(12)16(26)8-10)24(30)15-6-5-13(23(29)21(15)25(14)31)18-9-17(27)22(28)11(2)32-18/h3-6,10-11,17-18,22,27-29H,7-9H2,1-2H3. The molecule has 1 fully saturated rings. The third-order valence-corrected chi connectivity index (χ3v) is 6.88. The number of hydrogen-bond acceptors (Lipinski definition) is 7. The molecule has 0 bridgehead atoms. The third kappa shape index (κ3) is 2.96. The molecule has 166 valence electrons. The Labute approximate surface area is 184 Å². The fourth-order valence-electron chi connectivity index (χ4n) is 5.25. The zero-order chi connectivity index (χ0) is 22.9. The van der Waals surface area contributed by atoms with Crippen LogP contribution in [0.5, 0.6) is 5.75 Å². The normalized spacial score (nSPS) is 29.4. The molecule has 0 radical (unpaired) electrons. The number of ketones is 3. The molecule has 2 aromatic carbocycles. The molecule has 5 unspecified atom stereocenters. The first-order valence-electron chi connectivity index (χ1n) is 10.8. The predicted octanol–water partition coefficient (Wildman–Crippen LogP) is 2.50. The molecule has 5 atom stereocenters. The Morgan fingerprint density at radius 2 is 1.53 bits per heavy atom. The number of aliphatic hydroxyl groups excluding tert-OH is 2. The summed E-state index contributed by atoms with van der Waals surface area (Å²) in [6, 6.07) is 6.26. The van der Waals surface area contributed by atoms with Crippen LogP contribution in [-0.4, -0.2) is 51.0 Å². The van der Waals surface area contributed by atoms with Gasteiger partial charge in [0, 0.05) is 40.7 Å². The molecule has 0 saturated carbocycles. The van der Waals surface area contributed by atoms with Crippen LogP contribution < -0.4 is 0 Å². The van der Waals surface area contributed by atoms with Gasteiger partial charge in [-0.25, -0.2) is 0 Å². The van der Waals surface area contributed by atoms with Crippen molar-refractivity contribution in [3.63, 3.8) is 0 Å². The molecule has 32 heavy (non-hydrogen) atoms. The molecule has 0 spiro atoms. The molecule has 7 nitrogen and oxygen atoms in total. The van der Waals surface area contributed by atoms with E-state index in [-0.39, 0.29) is 51.7 Å². The topological polar surface area (TPSA) is 121 Å². The zero-order valence-corrected chi connectivity index (χ0v) is 17.8. The largest absolute Gasteiger partial charge is 0.507 e.